The molecule has 0 radical (unpaired) electrons. The Kier molecular flexibility index (Phi) is 4.34. The number of rotatable bonds is 4. The van der Waals surface area contributed by atoms with E-state index in [1.54, 1.807) is 11.8 Å². The molecule has 1 aliphatic heterocycles. The Morgan fingerprint density at radius 1 is 1.43 bits per heavy atom. The second-order valence-electron chi connectivity index (χ2n) is 6.09. The molecule has 6 heteroatoms. The number of amides is 2. The van der Waals surface area contributed by atoms with Crippen molar-refractivity contribution >= 4 is 11.8 Å². The Hall–Kier alpha value is -1.85. The van der Waals surface area contributed by atoms with Crippen LogP contribution in [0.5, 0.6) is 0 Å². The maximum absolute atomic E-state index is 12.7. The average Bonchev–Trinajstić information content (AvgIpc) is 2.87. The maximum Gasteiger partial charge on any atom is 0.248 e. The predicted molar refractivity (Wildman–Crippen MR) is 79.5 cm³/mol. The summed E-state index contributed by atoms with van der Waals surface area (Å²) in [5, 5.41) is 7.32. The number of nitrogens with one attached hydrogen (secondary N) is 1. The van der Waals surface area contributed by atoms with Crippen molar-refractivity contribution in [2.75, 3.05) is 6.54 Å². The molecule has 1 aromatic rings. The molecule has 2 amide bonds. The van der Waals surface area contributed by atoms with Gasteiger partial charge in [-0.3, -0.25) is 14.3 Å². The summed E-state index contributed by atoms with van der Waals surface area (Å²) in [6.07, 6.45) is 2.84. The summed E-state index contributed by atoms with van der Waals surface area (Å²) in [6, 6.07) is 2.22. The van der Waals surface area contributed by atoms with Crippen LogP contribution in [0.15, 0.2) is 12.3 Å². The minimum absolute atomic E-state index is 0.0325. The first kappa shape index (κ1) is 15.5. The lowest BCUT2D eigenvalue weighted by molar-refractivity contribution is -0.138. The van der Waals surface area contributed by atoms with Gasteiger partial charge in [0.25, 0.3) is 0 Å². The van der Waals surface area contributed by atoms with Gasteiger partial charge in [-0.1, -0.05) is 6.92 Å². The van der Waals surface area contributed by atoms with E-state index in [1.165, 1.54) is 0 Å². The van der Waals surface area contributed by atoms with Crippen LogP contribution in [0.2, 0.25) is 0 Å². The van der Waals surface area contributed by atoms with Crippen LogP contribution in [0.25, 0.3) is 0 Å². The molecule has 0 aromatic carbocycles. The second kappa shape index (κ2) is 5.87. The molecule has 0 aliphatic carbocycles. The van der Waals surface area contributed by atoms with Gasteiger partial charge in [0.1, 0.15) is 5.54 Å². The van der Waals surface area contributed by atoms with Crippen LogP contribution in [0.1, 0.15) is 52.3 Å². The van der Waals surface area contributed by atoms with Gasteiger partial charge in [-0.15, -0.1) is 0 Å². The van der Waals surface area contributed by atoms with E-state index in [1.807, 2.05) is 23.9 Å². The Morgan fingerprint density at radius 2 is 2.14 bits per heavy atom. The third-order valence-electron chi connectivity index (χ3n) is 4.04. The molecule has 1 saturated heterocycles. The molecule has 0 spiro atoms. The van der Waals surface area contributed by atoms with Crippen LogP contribution in [-0.2, 0) is 16.1 Å². The van der Waals surface area contributed by atoms with Crippen LogP contribution >= 0.6 is 0 Å². The lowest BCUT2D eigenvalue weighted by Crippen LogP contribution is -2.54. The van der Waals surface area contributed by atoms with E-state index in [9.17, 15) is 9.59 Å². The lowest BCUT2D eigenvalue weighted by Gasteiger charge is -2.30. The highest BCUT2D eigenvalue weighted by atomic mass is 16.2. The first-order valence-electron chi connectivity index (χ1n) is 7.50. The van der Waals surface area contributed by atoms with E-state index in [0.29, 0.717) is 32.0 Å². The Morgan fingerprint density at radius 3 is 2.71 bits per heavy atom. The number of carbonyl (C=O) groups is 2. The van der Waals surface area contributed by atoms with Crippen LogP contribution in [0.3, 0.4) is 0 Å². The third-order valence-corrected chi connectivity index (χ3v) is 4.04. The largest absolute Gasteiger partial charge is 0.342 e. The van der Waals surface area contributed by atoms with Gasteiger partial charge in [0.05, 0.1) is 12.2 Å². The standard InChI is InChI=1S/C15H24N4O2/c1-5-15(4)14(21)18(8-7-13(20)16-15)10-12-6-9-19(17-12)11(2)3/h6,9,11H,5,7-8,10H2,1-4H3,(H,16,20). The summed E-state index contributed by atoms with van der Waals surface area (Å²) in [5.41, 5.74) is 0.0404. The molecule has 0 bridgehead atoms. The summed E-state index contributed by atoms with van der Waals surface area (Å²) in [5.74, 6) is -0.0992. The zero-order chi connectivity index (χ0) is 15.6. The van der Waals surface area contributed by atoms with E-state index in [0.717, 1.165) is 5.69 Å². The van der Waals surface area contributed by atoms with Crippen LogP contribution < -0.4 is 5.32 Å². The van der Waals surface area contributed by atoms with E-state index in [-0.39, 0.29) is 11.8 Å². The summed E-state index contributed by atoms with van der Waals surface area (Å²) < 4.78 is 1.88. The smallest absolute Gasteiger partial charge is 0.248 e. The second-order valence-corrected chi connectivity index (χ2v) is 6.09. The molecule has 2 heterocycles. The summed E-state index contributed by atoms with van der Waals surface area (Å²) in [7, 11) is 0. The first-order valence-corrected chi connectivity index (χ1v) is 7.50. The van der Waals surface area contributed by atoms with Crippen molar-refractivity contribution in [2.24, 2.45) is 0 Å². The molecule has 1 aliphatic rings. The fourth-order valence-electron chi connectivity index (χ4n) is 2.45. The molecule has 2 rings (SSSR count). The van der Waals surface area contributed by atoms with Crippen molar-refractivity contribution in [3.63, 3.8) is 0 Å². The number of hydrogen-bond donors (Lipinski definition) is 1. The average molecular weight is 292 g/mol. The van der Waals surface area contributed by atoms with Gasteiger partial charge in [0, 0.05) is 25.2 Å². The Bertz CT molecular complexity index is 538. The first-order chi connectivity index (χ1) is 9.85. The zero-order valence-corrected chi connectivity index (χ0v) is 13.2. The molecule has 1 aromatic heterocycles. The molecule has 1 fully saturated rings. The van der Waals surface area contributed by atoms with Crippen molar-refractivity contribution in [1.29, 1.82) is 0 Å². The molecular weight excluding hydrogens is 268 g/mol. The van der Waals surface area contributed by atoms with E-state index in [2.05, 4.69) is 24.3 Å². The molecule has 1 N–H and O–H groups in total. The lowest BCUT2D eigenvalue weighted by atomic mass is 9.97. The quantitative estimate of drug-likeness (QED) is 0.914. The molecule has 21 heavy (non-hydrogen) atoms. The SMILES string of the molecule is CCC1(C)NC(=O)CCN(Cc2ccn(C(C)C)n2)C1=O. The van der Waals surface area contributed by atoms with E-state index < -0.39 is 5.54 Å². The van der Waals surface area contributed by atoms with Gasteiger partial charge in [0.2, 0.25) is 11.8 Å². The number of hydrogen-bond acceptors (Lipinski definition) is 3. The Balaban J connectivity index is 2.17. The molecule has 116 valence electrons. The van der Waals surface area contributed by atoms with Crippen molar-refractivity contribution in [2.45, 2.75) is 58.7 Å². The van der Waals surface area contributed by atoms with Crippen LogP contribution in [0.4, 0.5) is 0 Å². The van der Waals surface area contributed by atoms with E-state index in [4.69, 9.17) is 0 Å². The predicted octanol–water partition coefficient (Wildman–Crippen LogP) is 1.48. The highest BCUT2D eigenvalue weighted by Crippen LogP contribution is 2.19. The zero-order valence-electron chi connectivity index (χ0n) is 13.2. The van der Waals surface area contributed by atoms with Crippen molar-refractivity contribution < 1.29 is 9.59 Å². The van der Waals surface area contributed by atoms with Gasteiger partial charge in [0.15, 0.2) is 0 Å². The van der Waals surface area contributed by atoms with Crippen molar-refractivity contribution in [3.05, 3.63) is 18.0 Å². The van der Waals surface area contributed by atoms with Crippen molar-refractivity contribution in [1.82, 2.24) is 20.0 Å². The molecule has 0 saturated carbocycles. The highest BCUT2D eigenvalue weighted by Gasteiger charge is 2.39. The van der Waals surface area contributed by atoms with Gasteiger partial charge < -0.3 is 10.2 Å². The third kappa shape index (κ3) is 3.25. The summed E-state index contributed by atoms with van der Waals surface area (Å²) in [4.78, 5) is 26.2. The minimum Gasteiger partial charge on any atom is -0.342 e. The topological polar surface area (TPSA) is 67.2 Å². The van der Waals surface area contributed by atoms with Crippen LogP contribution in [0, 0.1) is 0 Å². The van der Waals surface area contributed by atoms with Gasteiger partial charge in [-0.25, -0.2) is 0 Å². The van der Waals surface area contributed by atoms with Gasteiger partial charge in [-0.2, -0.15) is 5.10 Å². The molecule has 1 atom stereocenters. The van der Waals surface area contributed by atoms with Gasteiger partial charge >= 0.3 is 0 Å². The molecule has 1 unspecified atom stereocenters. The highest BCUT2D eigenvalue weighted by molar-refractivity contribution is 5.93. The Labute approximate surface area is 125 Å². The van der Waals surface area contributed by atoms with Gasteiger partial charge in [-0.05, 0) is 33.3 Å². The fraction of sp³-hybridized carbons (Fsp3) is 0.667. The normalized spacial score (nSPS) is 23.4. The molecular formula is C15H24N4O2. The number of nitrogens with zero attached hydrogens (tertiary/aromatic N) is 3. The van der Waals surface area contributed by atoms with Crippen molar-refractivity contribution in [3.8, 4) is 0 Å². The van der Waals surface area contributed by atoms with Crippen LogP contribution in [-0.4, -0.2) is 38.6 Å². The maximum atomic E-state index is 12.7. The fourth-order valence-corrected chi connectivity index (χ4v) is 2.45. The molecule has 6 nitrogen and oxygen atoms in total. The summed E-state index contributed by atoms with van der Waals surface area (Å²) in [6.45, 7) is 8.71. The number of carbonyl (C=O) groups excluding carboxylic acids is 2. The number of aromatic nitrogens is 2. The minimum atomic E-state index is -0.811. The van der Waals surface area contributed by atoms with E-state index >= 15 is 0 Å². The summed E-state index contributed by atoms with van der Waals surface area (Å²) >= 11 is 0. The monoisotopic (exact) mass is 292 g/mol.